The van der Waals surface area contributed by atoms with Crippen molar-refractivity contribution >= 4 is 11.9 Å². The zero-order valence-electron chi connectivity index (χ0n) is 11.8. The maximum Gasteiger partial charge on any atom is 0.331 e. The molecule has 4 nitrogen and oxygen atoms in total. The minimum atomic E-state index is -1.03. The van der Waals surface area contributed by atoms with Gasteiger partial charge in [0.2, 0.25) is 0 Å². The second-order valence-electron chi connectivity index (χ2n) is 5.16. The van der Waals surface area contributed by atoms with Gasteiger partial charge in [-0.05, 0) is 31.8 Å². The average molecular weight is 266 g/mol. The highest BCUT2D eigenvalue weighted by atomic mass is 16.4. The van der Waals surface area contributed by atoms with E-state index in [9.17, 15) is 19.8 Å². The quantitative estimate of drug-likeness (QED) is 0.772. The summed E-state index contributed by atoms with van der Waals surface area (Å²) in [6, 6.07) is 0. The topological polar surface area (TPSA) is 74.6 Å². The van der Waals surface area contributed by atoms with Gasteiger partial charge >= 0.3 is 11.9 Å². The number of rotatable bonds is 6. The fraction of sp³-hybridized carbons (Fsp3) is 0.600. The van der Waals surface area contributed by atoms with Gasteiger partial charge in [-0.2, -0.15) is 0 Å². The van der Waals surface area contributed by atoms with Crippen molar-refractivity contribution in [1.82, 2.24) is 0 Å². The first kappa shape index (κ1) is 15.5. The highest BCUT2D eigenvalue weighted by molar-refractivity contribution is 5.92. The summed E-state index contributed by atoms with van der Waals surface area (Å²) in [7, 11) is 0. The lowest BCUT2D eigenvalue weighted by Gasteiger charge is -2.35. The molecule has 0 saturated carbocycles. The summed E-state index contributed by atoms with van der Waals surface area (Å²) >= 11 is 0. The van der Waals surface area contributed by atoms with E-state index in [-0.39, 0.29) is 12.0 Å². The number of aliphatic carboxylic acids is 2. The molecular formula is C15H22O4. The summed E-state index contributed by atoms with van der Waals surface area (Å²) in [5, 5.41) is 18.9. The Bertz CT molecular complexity index is 445. The number of allylic oxidation sites excluding steroid dienone is 2. The van der Waals surface area contributed by atoms with Crippen molar-refractivity contribution in [3.8, 4) is 0 Å². The smallest absolute Gasteiger partial charge is 0.331 e. The van der Waals surface area contributed by atoms with E-state index in [0.29, 0.717) is 18.4 Å². The Morgan fingerprint density at radius 2 is 1.95 bits per heavy atom. The Labute approximate surface area is 113 Å². The van der Waals surface area contributed by atoms with Gasteiger partial charge in [0.15, 0.2) is 0 Å². The van der Waals surface area contributed by atoms with Gasteiger partial charge in [0, 0.05) is 5.57 Å². The van der Waals surface area contributed by atoms with Gasteiger partial charge in [-0.3, -0.25) is 4.79 Å². The summed E-state index contributed by atoms with van der Waals surface area (Å²) in [4.78, 5) is 23.0. The van der Waals surface area contributed by atoms with Crippen LogP contribution in [0.2, 0.25) is 0 Å². The normalized spacial score (nSPS) is 23.2. The lowest BCUT2D eigenvalue weighted by atomic mass is 9.67. The first-order valence-electron chi connectivity index (χ1n) is 6.76. The van der Waals surface area contributed by atoms with Crippen LogP contribution in [0.15, 0.2) is 22.8 Å². The molecular weight excluding hydrogens is 244 g/mol. The molecule has 1 aliphatic carbocycles. The first-order valence-corrected chi connectivity index (χ1v) is 6.76. The van der Waals surface area contributed by atoms with Gasteiger partial charge in [0.05, 0.1) is 5.41 Å². The molecule has 0 heterocycles. The molecule has 1 aliphatic rings. The minimum Gasteiger partial charge on any atom is -0.481 e. The summed E-state index contributed by atoms with van der Waals surface area (Å²) in [5.74, 6) is -1.91. The molecule has 1 atom stereocenters. The highest BCUT2D eigenvalue weighted by Gasteiger charge is 2.44. The standard InChI is InChI=1S/C15H22O4/c1-4-6-7-15(14(18)19)9-12(13(16)17)10(3)8-11(15)5-2/h8H,4-7,9H2,1-3H3,(H,16,17)(H,18,19). The van der Waals surface area contributed by atoms with Crippen LogP contribution in [-0.2, 0) is 9.59 Å². The van der Waals surface area contributed by atoms with E-state index in [1.807, 2.05) is 13.8 Å². The third-order valence-electron chi connectivity index (χ3n) is 3.97. The zero-order chi connectivity index (χ0) is 14.6. The van der Waals surface area contributed by atoms with Crippen LogP contribution in [0.5, 0.6) is 0 Å². The number of hydrogen-bond acceptors (Lipinski definition) is 2. The lowest BCUT2D eigenvalue weighted by Crippen LogP contribution is -2.36. The van der Waals surface area contributed by atoms with E-state index in [4.69, 9.17) is 0 Å². The second-order valence-corrected chi connectivity index (χ2v) is 5.16. The van der Waals surface area contributed by atoms with Crippen molar-refractivity contribution < 1.29 is 19.8 Å². The molecule has 106 valence electrons. The minimum absolute atomic E-state index is 0.100. The third-order valence-corrected chi connectivity index (χ3v) is 3.97. The molecule has 2 N–H and O–H groups in total. The van der Waals surface area contributed by atoms with Gasteiger partial charge in [0.25, 0.3) is 0 Å². The molecule has 0 aromatic heterocycles. The molecule has 0 aliphatic heterocycles. The van der Waals surface area contributed by atoms with E-state index >= 15 is 0 Å². The molecule has 0 spiro atoms. The van der Waals surface area contributed by atoms with Gasteiger partial charge in [-0.15, -0.1) is 0 Å². The number of unbranched alkanes of at least 4 members (excludes halogenated alkanes) is 1. The zero-order valence-corrected chi connectivity index (χ0v) is 11.8. The van der Waals surface area contributed by atoms with E-state index in [0.717, 1.165) is 18.4 Å². The molecule has 4 heteroatoms. The average Bonchev–Trinajstić information content (AvgIpc) is 2.36. The van der Waals surface area contributed by atoms with Crippen LogP contribution in [-0.4, -0.2) is 22.2 Å². The Balaban J connectivity index is 3.28. The Hall–Kier alpha value is -1.58. The Morgan fingerprint density at radius 3 is 2.37 bits per heavy atom. The fourth-order valence-corrected chi connectivity index (χ4v) is 2.77. The third kappa shape index (κ3) is 2.88. The molecule has 0 radical (unpaired) electrons. The van der Waals surface area contributed by atoms with Crippen LogP contribution in [0.3, 0.4) is 0 Å². The molecule has 0 bridgehead atoms. The van der Waals surface area contributed by atoms with Crippen molar-refractivity contribution in [2.45, 2.75) is 52.9 Å². The van der Waals surface area contributed by atoms with Crippen LogP contribution in [0.1, 0.15) is 52.9 Å². The van der Waals surface area contributed by atoms with Crippen LogP contribution in [0, 0.1) is 5.41 Å². The van der Waals surface area contributed by atoms with Gasteiger partial charge in [-0.1, -0.05) is 38.3 Å². The van der Waals surface area contributed by atoms with E-state index in [1.165, 1.54) is 0 Å². The number of hydrogen-bond donors (Lipinski definition) is 2. The Morgan fingerprint density at radius 1 is 1.32 bits per heavy atom. The largest absolute Gasteiger partial charge is 0.481 e. The summed E-state index contributed by atoms with van der Waals surface area (Å²) in [5.41, 5.74) is 0.724. The van der Waals surface area contributed by atoms with Gasteiger partial charge < -0.3 is 10.2 Å². The van der Waals surface area contributed by atoms with Crippen molar-refractivity contribution in [3.63, 3.8) is 0 Å². The molecule has 0 fully saturated rings. The predicted molar refractivity (Wildman–Crippen MR) is 72.9 cm³/mol. The second kappa shape index (κ2) is 6.04. The Kier molecular flexibility index (Phi) is 4.92. The molecule has 19 heavy (non-hydrogen) atoms. The summed E-state index contributed by atoms with van der Waals surface area (Å²) in [6.45, 7) is 5.67. The molecule has 0 aromatic rings. The van der Waals surface area contributed by atoms with Crippen LogP contribution in [0.4, 0.5) is 0 Å². The SMILES string of the molecule is CCCCC1(C(=O)O)CC(C(=O)O)=C(C)C=C1CC. The van der Waals surface area contributed by atoms with Crippen LogP contribution >= 0.6 is 0 Å². The van der Waals surface area contributed by atoms with Crippen molar-refractivity contribution in [1.29, 1.82) is 0 Å². The number of carboxylic acids is 2. The predicted octanol–water partition coefficient (Wildman–Crippen LogP) is 3.39. The molecule has 1 rings (SSSR count). The monoisotopic (exact) mass is 266 g/mol. The fourth-order valence-electron chi connectivity index (χ4n) is 2.77. The molecule has 0 aromatic carbocycles. The van der Waals surface area contributed by atoms with E-state index in [1.54, 1.807) is 13.0 Å². The van der Waals surface area contributed by atoms with Gasteiger partial charge in [-0.25, -0.2) is 4.79 Å². The van der Waals surface area contributed by atoms with E-state index < -0.39 is 17.4 Å². The highest BCUT2D eigenvalue weighted by Crippen LogP contribution is 2.45. The lowest BCUT2D eigenvalue weighted by molar-refractivity contribution is -0.147. The maximum absolute atomic E-state index is 11.8. The number of carbonyl (C=O) groups is 2. The van der Waals surface area contributed by atoms with Crippen LogP contribution < -0.4 is 0 Å². The van der Waals surface area contributed by atoms with Crippen molar-refractivity contribution in [2.24, 2.45) is 5.41 Å². The van der Waals surface area contributed by atoms with Crippen molar-refractivity contribution in [2.75, 3.05) is 0 Å². The summed E-state index contributed by atoms with van der Waals surface area (Å²) < 4.78 is 0. The molecule has 0 saturated heterocycles. The van der Waals surface area contributed by atoms with Crippen molar-refractivity contribution in [3.05, 3.63) is 22.8 Å². The maximum atomic E-state index is 11.8. The number of carboxylic acid groups (broad SMARTS) is 2. The first-order chi connectivity index (χ1) is 8.89. The summed E-state index contributed by atoms with van der Waals surface area (Å²) in [6.07, 6.45) is 4.69. The molecule has 1 unspecified atom stereocenters. The van der Waals surface area contributed by atoms with Gasteiger partial charge in [0.1, 0.15) is 0 Å². The molecule has 0 amide bonds. The van der Waals surface area contributed by atoms with Crippen LogP contribution in [0.25, 0.3) is 0 Å². The van der Waals surface area contributed by atoms with E-state index in [2.05, 4.69) is 0 Å².